The average Bonchev–Trinajstić information content (AvgIpc) is 2.59. The highest BCUT2D eigenvalue weighted by atomic mass is 16.5. The summed E-state index contributed by atoms with van der Waals surface area (Å²) in [5, 5.41) is 19.2. The summed E-state index contributed by atoms with van der Waals surface area (Å²) in [6.45, 7) is 1.27. The molecule has 2 rings (SSSR count). The molecule has 0 bridgehead atoms. The molecular weight excluding hydrogens is 304 g/mol. The van der Waals surface area contributed by atoms with Gasteiger partial charge in [-0.25, -0.2) is 0 Å². The van der Waals surface area contributed by atoms with Gasteiger partial charge >= 0.3 is 0 Å². The van der Waals surface area contributed by atoms with Crippen LogP contribution >= 0.6 is 0 Å². The maximum atomic E-state index is 9.58. The van der Waals surface area contributed by atoms with Crippen molar-refractivity contribution in [3.8, 4) is 23.0 Å². The van der Waals surface area contributed by atoms with E-state index in [1.807, 2.05) is 12.1 Å². The molecule has 0 aliphatic rings. The van der Waals surface area contributed by atoms with Crippen LogP contribution in [0.5, 0.6) is 23.0 Å². The standard InChI is InChI=1S/C20H26O4/c21-17-11-5-7-13-19(17)23-15-9-3-1-2-4-10-16-24-20-14-8-6-12-18(20)22/h5-8,11-14,21-22H,1-4,9-10,15-16H2. The van der Waals surface area contributed by atoms with Gasteiger partial charge in [-0.05, 0) is 37.1 Å². The highest BCUT2D eigenvalue weighted by Gasteiger charge is 2.01. The third-order valence-corrected chi connectivity index (χ3v) is 3.78. The van der Waals surface area contributed by atoms with E-state index in [1.54, 1.807) is 36.4 Å². The molecule has 2 aromatic rings. The minimum atomic E-state index is 0.196. The number of phenols is 2. The molecule has 0 spiro atoms. The van der Waals surface area contributed by atoms with Crippen LogP contribution in [-0.2, 0) is 0 Å². The molecule has 0 atom stereocenters. The number of unbranched alkanes of at least 4 members (excludes halogenated alkanes) is 5. The first-order valence-corrected chi connectivity index (χ1v) is 8.59. The van der Waals surface area contributed by atoms with E-state index >= 15 is 0 Å². The van der Waals surface area contributed by atoms with Crippen LogP contribution in [0.2, 0.25) is 0 Å². The molecule has 0 radical (unpaired) electrons. The van der Waals surface area contributed by atoms with E-state index in [2.05, 4.69) is 0 Å². The summed E-state index contributed by atoms with van der Waals surface area (Å²) in [5.74, 6) is 1.50. The quantitative estimate of drug-likeness (QED) is 0.576. The number of benzene rings is 2. The number of hydrogen-bond acceptors (Lipinski definition) is 4. The van der Waals surface area contributed by atoms with Crippen molar-refractivity contribution in [2.24, 2.45) is 0 Å². The van der Waals surface area contributed by atoms with Crippen molar-refractivity contribution in [2.75, 3.05) is 13.2 Å². The van der Waals surface area contributed by atoms with E-state index in [-0.39, 0.29) is 11.5 Å². The van der Waals surface area contributed by atoms with Crippen LogP contribution in [0.3, 0.4) is 0 Å². The lowest BCUT2D eigenvalue weighted by Gasteiger charge is -2.08. The van der Waals surface area contributed by atoms with Crippen molar-refractivity contribution in [3.05, 3.63) is 48.5 Å². The smallest absolute Gasteiger partial charge is 0.160 e. The second-order valence-electron chi connectivity index (χ2n) is 5.75. The zero-order chi connectivity index (χ0) is 17.0. The number of phenolic OH excluding ortho intramolecular Hbond substituents is 2. The first-order chi connectivity index (χ1) is 11.8. The van der Waals surface area contributed by atoms with Crippen molar-refractivity contribution < 1.29 is 19.7 Å². The molecule has 0 saturated carbocycles. The molecule has 0 fully saturated rings. The van der Waals surface area contributed by atoms with Crippen LogP contribution in [0.1, 0.15) is 38.5 Å². The minimum Gasteiger partial charge on any atom is -0.504 e. The molecule has 130 valence electrons. The molecule has 4 heteroatoms. The van der Waals surface area contributed by atoms with E-state index in [0.29, 0.717) is 24.7 Å². The maximum Gasteiger partial charge on any atom is 0.160 e. The van der Waals surface area contributed by atoms with E-state index < -0.39 is 0 Å². The Bertz CT molecular complexity index is 544. The van der Waals surface area contributed by atoms with Crippen molar-refractivity contribution in [2.45, 2.75) is 38.5 Å². The van der Waals surface area contributed by atoms with Gasteiger partial charge in [-0.1, -0.05) is 49.9 Å². The van der Waals surface area contributed by atoms with Crippen LogP contribution in [-0.4, -0.2) is 23.4 Å². The van der Waals surface area contributed by atoms with Crippen molar-refractivity contribution >= 4 is 0 Å². The Morgan fingerprint density at radius 2 is 0.917 bits per heavy atom. The first-order valence-electron chi connectivity index (χ1n) is 8.59. The Labute approximate surface area is 143 Å². The summed E-state index contributed by atoms with van der Waals surface area (Å²) in [6.07, 6.45) is 6.55. The molecule has 0 aliphatic carbocycles. The summed E-state index contributed by atoms with van der Waals surface area (Å²) in [6, 6.07) is 14.1. The maximum absolute atomic E-state index is 9.58. The number of ether oxygens (including phenoxy) is 2. The van der Waals surface area contributed by atoms with E-state index in [4.69, 9.17) is 9.47 Å². The molecule has 2 aromatic carbocycles. The highest BCUT2D eigenvalue weighted by molar-refractivity contribution is 5.38. The van der Waals surface area contributed by atoms with Crippen LogP contribution in [0.25, 0.3) is 0 Å². The van der Waals surface area contributed by atoms with Gasteiger partial charge in [0.15, 0.2) is 23.0 Å². The molecule has 0 aliphatic heterocycles. The second-order valence-corrected chi connectivity index (χ2v) is 5.75. The van der Waals surface area contributed by atoms with Crippen LogP contribution < -0.4 is 9.47 Å². The molecule has 0 amide bonds. The Hall–Kier alpha value is -2.36. The van der Waals surface area contributed by atoms with Gasteiger partial charge in [0, 0.05) is 0 Å². The fraction of sp³-hybridized carbons (Fsp3) is 0.400. The van der Waals surface area contributed by atoms with Crippen molar-refractivity contribution in [1.29, 1.82) is 0 Å². The predicted octanol–water partition coefficient (Wildman–Crippen LogP) is 4.90. The largest absolute Gasteiger partial charge is 0.504 e. The van der Waals surface area contributed by atoms with Gasteiger partial charge in [0.1, 0.15) is 0 Å². The third kappa shape index (κ3) is 6.41. The summed E-state index contributed by atoms with van der Waals surface area (Å²) >= 11 is 0. The summed E-state index contributed by atoms with van der Waals surface area (Å²) < 4.78 is 11.1. The molecule has 4 nitrogen and oxygen atoms in total. The summed E-state index contributed by atoms with van der Waals surface area (Å²) in [7, 11) is 0. The van der Waals surface area contributed by atoms with Gasteiger partial charge in [0.25, 0.3) is 0 Å². The number of rotatable bonds is 11. The van der Waals surface area contributed by atoms with E-state index in [1.165, 1.54) is 12.8 Å². The third-order valence-electron chi connectivity index (χ3n) is 3.78. The minimum absolute atomic E-state index is 0.196. The van der Waals surface area contributed by atoms with E-state index in [9.17, 15) is 10.2 Å². The normalized spacial score (nSPS) is 10.5. The van der Waals surface area contributed by atoms with Crippen molar-refractivity contribution in [1.82, 2.24) is 0 Å². The fourth-order valence-electron chi connectivity index (χ4n) is 2.43. The van der Waals surface area contributed by atoms with Gasteiger partial charge < -0.3 is 19.7 Å². The fourth-order valence-corrected chi connectivity index (χ4v) is 2.43. The monoisotopic (exact) mass is 330 g/mol. The Morgan fingerprint density at radius 3 is 1.33 bits per heavy atom. The zero-order valence-electron chi connectivity index (χ0n) is 14.0. The topological polar surface area (TPSA) is 58.9 Å². The SMILES string of the molecule is Oc1ccccc1OCCCCCCCCOc1ccccc1O. The van der Waals surface area contributed by atoms with Crippen LogP contribution in [0, 0.1) is 0 Å². The molecule has 0 unspecified atom stereocenters. The summed E-state index contributed by atoms with van der Waals surface area (Å²) in [4.78, 5) is 0. The lowest BCUT2D eigenvalue weighted by Crippen LogP contribution is -1.98. The lowest BCUT2D eigenvalue weighted by molar-refractivity contribution is 0.283. The first kappa shape index (κ1) is 18.0. The Balaban J connectivity index is 1.43. The van der Waals surface area contributed by atoms with E-state index in [0.717, 1.165) is 25.7 Å². The van der Waals surface area contributed by atoms with Gasteiger partial charge in [0.05, 0.1) is 13.2 Å². The Morgan fingerprint density at radius 1 is 0.542 bits per heavy atom. The van der Waals surface area contributed by atoms with Crippen LogP contribution in [0.15, 0.2) is 48.5 Å². The van der Waals surface area contributed by atoms with Gasteiger partial charge in [0.2, 0.25) is 0 Å². The predicted molar refractivity (Wildman–Crippen MR) is 94.9 cm³/mol. The number of hydrogen-bond donors (Lipinski definition) is 2. The second kappa shape index (κ2) is 10.4. The molecular formula is C20H26O4. The van der Waals surface area contributed by atoms with Gasteiger partial charge in [-0.15, -0.1) is 0 Å². The number of para-hydroxylation sites is 4. The molecule has 2 N–H and O–H groups in total. The average molecular weight is 330 g/mol. The zero-order valence-corrected chi connectivity index (χ0v) is 14.0. The number of aromatic hydroxyl groups is 2. The van der Waals surface area contributed by atoms with Gasteiger partial charge in [-0.3, -0.25) is 0 Å². The molecule has 0 heterocycles. The van der Waals surface area contributed by atoms with Crippen LogP contribution in [0.4, 0.5) is 0 Å². The van der Waals surface area contributed by atoms with Gasteiger partial charge in [-0.2, -0.15) is 0 Å². The molecule has 0 aromatic heterocycles. The Kier molecular flexibility index (Phi) is 7.81. The molecule has 0 saturated heterocycles. The summed E-state index contributed by atoms with van der Waals surface area (Å²) in [5.41, 5.74) is 0. The lowest BCUT2D eigenvalue weighted by atomic mass is 10.1. The highest BCUT2D eigenvalue weighted by Crippen LogP contribution is 2.25. The van der Waals surface area contributed by atoms with Crippen molar-refractivity contribution in [3.63, 3.8) is 0 Å². The molecule has 24 heavy (non-hydrogen) atoms.